The minimum Gasteiger partial charge on any atom is -0.364 e. The molecule has 2 saturated carbocycles. The number of hydrogen-bond acceptors (Lipinski definition) is 3. The predicted octanol–water partition coefficient (Wildman–Crippen LogP) is 4.27. The summed E-state index contributed by atoms with van der Waals surface area (Å²) in [7, 11) is 1.41. The van der Waals surface area contributed by atoms with Crippen molar-refractivity contribution < 1.29 is 14.6 Å². The molecule has 0 saturated heterocycles. The van der Waals surface area contributed by atoms with Crippen LogP contribution in [0.4, 0.5) is 0 Å². The van der Waals surface area contributed by atoms with Crippen LogP contribution in [0.3, 0.4) is 0 Å². The predicted molar refractivity (Wildman–Crippen MR) is 92.9 cm³/mol. The van der Waals surface area contributed by atoms with Crippen molar-refractivity contribution in [3.05, 3.63) is 23.8 Å². The quantitative estimate of drug-likeness (QED) is 0.356. The monoisotopic (exact) mass is 320 g/mol. The molecule has 0 heterocycles. The second-order valence-corrected chi connectivity index (χ2v) is 8.30. The SMILES string of the molecule is C=C1CC[C@H]2C(C)(C)CCC[C@]2(C)[C@H]1C/C=C(/C=O)[C@@H](O)OC. The van der Waals surface area contributed by atoms with E-state index in [-0.39, 0.29) is 5.41 Å². The van der Waals surface area contributed by atoms with Gasteiger partial charge in [-0.2, -0.15) is 0 Å². The number of methoxy groups -OCH3 is 1. The topological polar surface area (TPSA) is 46.5 Å². The number of aliphatic hydroxyl groups is 1. The number of rotatable bonds is 5. The Morgan fingerprint density at radius 3 is 2.74 bits per heavy atom. The van der Waals surface area contributed by atoms with E-state index in [1.165, 1.54) is 38.4 Å². The van der Waals surface area contributed by atoms with E-state index in [4.69, 9.17) is 4.74 Å². The van der Waals surface area contributed by atoms with Crippen molar-refractivity contribution in [2.75, 3.05) is 7.11 Å². The van der Waals surface area contributed by atoms with Crippen LogP contribution in [0.1, 0.15) is 59.3 Å². The summed E-state index contributed by atoms with van der Waals surface area (Å²) < 4.78 is 4.87. The molecule has 0 aliphatic heterocycles. The van der Waals surface area contributed by atoms with Gasteiger partial charge in [0.25, 0.3) is 0 Å². The fourth-order valence-corrected chi connectivity index (χ4v) is 5.31. The van der Waals surface area contributed by atoms with Crippen molar-refractivity contribution >= 4 is 6.29 Å². The smallest absolute Gasteiger partial charge is 0.183 e. The van der Waals surface area contributed by atoms with Crippen molar-refractivity contribution in [1.29, 1.82) is 0 Å². The Balaban J connectivity index is 2.26. The van der Waals surface area contributed by atoms with E-state index in [9.17, 15) is 9.90 Å². The third-order valence-electron chi connectivity index (χ3n) is 6.55. The zero-order chi connectivity index (χ0) is 17.3. The molecule has 2 aliphatic rings. The first-order valence-corrected chi connectivity index (χ1v) is 8.80. The number of carbonyl (C=O) groups is 1. The number of carbonyl (C=O) groups excluding carboxylic acids is 1. The number of aliphatic hydroxyl groups excluding tert-OH is 1. The molecule has 23 heavy (non-hydrogen) atoms. The van der Waals surface area contributed by atoms with Crippen molar-refractivity contribution in [3.8, 4) is 0 Å². The molecular weight excluding hydrogens is 288 g/mol. The molecule has 0 spiro atoms. The van der Waals surface area contributed by atoms with E-state index < -0.39 is 6.29 Å². The number of aldehydes is 1. The Hall–Kier alpha value is -0.930. The van der Waals surface area contributed by atoms with E-state index in [1.54, 1.807) is 0 Å². The van der Waals surface area contributed by atoms with Crippen LogP contribution >= 0.6 is 0 Å². The van der Waals surface area contributed by atoms with E-state index in [0.29, 0.717) is 29.1 Å². The number of hydrogen-bond donors (Lipinski definition) is 1. The molecule has 130 valence electrons. The first-order chi connectivity index (χ1) is 10.8. The highest BCUT2D eigenvalue weighted by atomic mass is 16.6. The first-order valence-electron chi connectivity index (χ1n) is 8.80. The Labute approximate surface area is 140 Å². The summed E-state index contributed by atoms with van der Waals surface area (Å²) in [6, 6.07) is 0. The molecule has 0 unspecified atom stereocenters. The molecule has 0 aromatic carbocycles. The van der Waals surface area contributed by atoms with Crippen molar-refractivity contribution in [3.63, 3.8) is 0 Å². The van der Waals surface area contributed by atoms with Crippen LogP contribution in [0.2, 0.25) is 0 Å². The lowest BCUT2D eigenvalue weighted by atomic mass is 9.47. The number of allylic oxidation sites excluding steroid dienone is 2. The van der Waals surface area contributed by atoms with E-state index in [2.05, 4.69) is 27.4 Å². The normalized spacial score (nSPS) is 35.5. The lowest BCUT2D eigenvalue weighted by molar-refractivity contribution is -0.110. The maximum atomic E-state index is 11.2. The summed E-state index contributed by atoms with van der Waals surface area (Å²) in [5, 5.41) is 9.75. The minimum absolute atomic E-state index is 0.236. The van der Waals surface area contributed by atoms with Gasteiger partial charge in [-0.05, 0) is 54.8 Å². The summed E-state index contributed by atoms with van der Waals surface area (Å²) >= 11 is 0. The highest BCUT2D eigenvalue weighted by Gasteiger charge is 2.52. The van der Waals surface area contributed by atoms with Gasteiger partial charge in [0.1, 0.15) is 0 Å². The first kappa shape index (κ1) is 18.4. The van der Waals surface area contributed by atoms with Gasteiger partial charge in [-0.1, -0.05) is 45.4 Å². The average molecular weight is 320 g/mol. The maximum absolute atomic E-state index is 11.2. The second-order valence-electron chi connectivity index (χ2n) is 8.30. The average Bonchev–Trinajstić information content (AvgIpc) is 2.48. The summed E-state index contributed by atoms with van der Waals surface area (Å²) in [6.45, 7) is 11.6. The van der Waals surface area contributed by atoms with Gasteiger partial charge in [0.05, 0.1) is 0 Å². The van der Waals surface area contributed by atoms with Crippen LogP contribution in [0.15, 0.2) is 23.8 Å². The highest BCUT2D eigenvalue weighted by molar-refractivity contribution is 5.74. The van der Waals surface area contributed by atoms with Crippen molar-refractivity contribution in [1.82, 2.24) is 0 Å². The van der Waals surface area contributed by atoms with E-state index in [0.717, 1.165) is 12.8 Å². The molecule has 2 rings (SSSR count). The Bertz CT molecular complexity index is 491. The molecule has 0 aromatic heterocycles. The molecule has 1 N–H and O–H groups in total. The molecule has 3 heteroatoms. The Morgan fingerprint density at radius 1 is 1.43 bits per heavy atom. The standard InChI is InChI=1S/C20H32O3/c1-14-7-10-17-19(2,3)11-6-12-20(17,4)16(14)9-8-15(13-21)18(22)23-5/h8,13,16-18,22H,1,6-7,9-12H2,2-5H3/b15-8-/t16-,17-,18-,20+/m0/s1. The van der Waals surface area contributed by atoms with Gasteiger partial charge in [-0.15, -0.1) is 0 Å². The highest BCUT2D eigenvalue weighted by Crippen LogP contribution is 2.61. The van der Waals surface area contributed by atoms with E-state index in [1.807, 2.05) is 6.08 Å². The van der Waals surface area contributed by atoms with Gasteiger partial charge in [0, 0.05) is 12.7 Å². The molecule has 4 atom stereocenters. The Kier molecular flexibility index (Phi) is 5.52. The lowest BCUT2D eigenvalue weighted by Crippen LogP contribution is -2.49. The zero-order valence-electron chi connectivity index (χ0n) is 15.1. The summed E-state index contributed by atoms with van der Waals surface area (Å²) in [5.74, 6) is 1.07. The third kappa shape index (κ3) is 3.46. The number of fused-ring (bicyclic) bond motifs is 1. The van der Waals surface area contributed by atoms with Gasteiger partial charge >= 0.3 is 0 Å². The largest absolute Gasteiger partial charge is 0.364 e. The zero-order valence-corrected chi connectivity index (χ0v) is 15.1. The summed E-state index contributed by atoms with van der Waals surface area (Å²) in [5.41, 5.74) is 2.23. The van der Waals surface area contributed by atoms with E-state index >= 15 is 0 Å². The van der Waals surface area contributed by atoms with Gasteiger partial charge in [-0.25, -0.2) is 0 Å². The fourth-order valence-electron chi connectivity index (χ4n) is 5.31. The van der Waals surface area contributed by atoms with Gasteiger partial charge in [0.15, 0.2) is 12.6 Å². The molecule has 0 radical (unpaired) electrons. The summed E-state index contributed by atoms with van der Waals surface area (Å²) in [4.78, 5) is 11.2. The molecule has 2 fully saturated rings. The summed E-state index contributed by atoms with van der Waals surface area (Å²) in [6.07, 6.45) is 8.26. The molecule has 0 bridgehead atoms. The van der Waals surface area contributed by atoms with Gasteiger partial charge in [-0.3, -0.25) is 4.79 Å². The van der Waals surface area contributed by atoms with Gasteiger partial charge < -0.3 is 9.84 Å². The van der Waals surface area contributed by atoms with Crippen LogP contribution < -0.4 is 0 Å². The third-order valence-corrected chi connectivity index (χ3v) is 6.55. The van der Waals surface area contributed by atoms with Crippen LogP contribution in [0, 0.1) is 22.7 Å². The van der Waals surface area contributed by atoms with Crippen LogP contribution in [-0.2, 0) is 9.53 Å². The lowest BCUT2D eigenvalue weighted by Gasteiger charge is -2.58. The number of ether oxygens (including phenoxy) is 1. The van der Waals surface area contributed by atoms with Crippen LogP contribution in [0.25, 0.3) is 0 Å². The molecule has 2 aliphatic carbocycles. The van der Waals surface area contributed by atoms with Crippen LogP contribution in [-0.4, -0.2) is 24.8 Å². The second kappa shape index (κ2) is 6.90. The minimum atomic E-state index is -1.13. The van der Waals surface area contributed by atoms with Crippen molar-refractivity contribution in [2.24, 2.45) is 22.7 Å². The van der Waals surface area contributed by atoms with Crippen LogP contribution in [0.5, 0.6) is 0 Å². The molecule has 0 aromatic rings. The molecule has 0 amide bonds. The molecular formula is C20H32O3. The van der Waals surface area contributed by atoms with Crippen molar-refractivity contribution in [2.45, 2.75) is 65.6 Å². The Morgan fingerprint density at radius 2 is 2.13 bits per heavy atom. The van der Waals surface area contributed by atoms with Gasteiger partial charge in [0.2, 0.25) is 0 Å². The fraction of sp³-hybridized carbons (Fsp3) is 0.750. The maximum Gasteiger partial charge on any atom is 0.183 e. The molecule has 3 nitrogen and oxygen atoms in total.